The second kappa shape index (κ2) is 12.5. The molecular formula is C31H31BrN2O3. The fraction of sp³-hybridized carbons (Fsp3) is 0.226. The van der Waals surface area contributed by atoms with Gasteiger partial charge in [0.1, 0.15) is 11.8 Å². The maximum Gasteiger partial charge on any atom is 0.261 e. The zero-order valence-corrected chi connectivity index (χ0v) is 22.6. The van der Waals surface area contributed by atoms with E-state index in [-0.39, 0.29) is 31.0 Å². The Labute approximate surface area is 226 Å². The lowest BCUT2D eigenvalue weighted by molar-refractivity contribution is -0.143. The Hall–Kier alpha value is -3.64. The van der Waals surface area contributed by atoms with Crippen molar-refractivity contribution < 1.29 is 14.3 Å². The monoisotopic (exact) mass is 558 g/mol. The lowest BCUT2D eigenvalue weighted by atomic mass is 10.0. The second-order valence-corrected chi connectivity index (χ2v) is 10.2. The molecule has 4 aromatic carbocycles. The summed E-state index contributed by atoms with van der Waals surface area (Å²) in [5.41, 5.74) is 1.90. The molecule has 0 saturated heterocycles. The van der Waals surface area contributed by atoms with E-state index in [9.17, 15) is 9.59 Å². The third-order valence-corrected chi connectivity index (χ3v) is 6.54. The summed E-state index contributed by atoms with van der Waals surface area (Å²) in [4.78, 5) is 28.9. The van der Waals surface area contributed by atoms with Crippen LogP contribution in [0.3, 0.4) is 0 Å². The number of carbonyl (C=O) groups is 2. The SMILES string of the molecule is CC(C)NC(=O)[C@@H](Cc1ccccc1)N(Cc1cccc(Br)c1)C(=O)COc1cccc2ccccc12. The van der Waals surface area contributed by atoms with Gasteiger partial charge in [0.05, 0.1) is 0 Å². The Bertz CT molecular complexity index is 1350. The van der Waals surface area contributed by atoms with Crippen molar-refractivity contribution in [1.29, 1.82) is 0 Å². The van der Waals surface area contributed by atoms with Crippen molar-refractivity contribution >= 4 is 38.5 Å². The number of halogens is 1. The summed E-state index contributed by atoms with van der Waals surface area (Å²) in [6.45, 7) is 3.94. The van der Waals surface area contributed by atoms with Crippen LogP contribution in [0.5, 0.6) is 5.75 Å². The smallest absolute Gasteiger partial charge is 0.261 e. The van der Waals surface area contributed by atoms with Crippen molar-refractivity contribution in [3.8, 4) is 5.75 Å². The molecule has 4 aromatic rings. The average molecular weight is 560 g/mol. The van der Waals surface area contributed by atoms with Gasteiger partial charge in [0, 0.05) is 28.9 Å². The molecule has 0 bridgehead atoms. The summed E-state index contributed by atoms with van der Waals surface area (Å²) in [5.74, 6) is 0.195. The van der Waals surface area contributed by atoms with Crippen LogP contribution in [-0.4, -0.2) is 35.4 Å². The van der Waals surface area contributed by atoms with Crippen LogP contribution in [0.4, 0.5) is 0 Å². The molecule has 0 saturated carbocycles. The summed E-state index contributed by atoms with van der Waals surface area (Å²) in [6.07, 6.45) is 0.396. The highest BCUT2D eigenvalue weighted by molar-refractivity contribution is 9.10. The van der Waals surface area contributed by atoms with E-state index in [0.717, 1.165) is 26.4 Å². The standard InChI is InChI=1S/C31H31BrN2O3/c1-22(2)33-31(36)28(19-23-10-4-3-5-11-23)34(20-24-12-8-15-26(32)18-24)30(35)21-37-29-17-9-14-25-13-6-7-16-27(25)29/h3-18,22,28H,19-21H2,1-2H3,(H,33,36)/t28-/m1/s1. The van der Waals surface area contributed by atoms with Gasteiger partial charge in [0.25, 0.3) is 5.91 Å². The summed E-state index contributed by atoms with van der Waals surface area (Å²) in [5, 5.41) is 4.99. The molecule has 0 radical (unpaired) electrons. The van der Waals surface area contributed by atoms with Crippen LogP contribution < -0.4 is 10.1 Å². The van der Waals surface area contributed by atoms with Gasteiger partial charge in [-0.3, -0.25) is 9.59 Å². The fourth-order valence-corrected chi connectivity index (χ4v) is 4.76. The summed E-state index contributed by atoms with van der Waals surface area (Å²) in [6, 6.07) is 30.5. The largest absolute Gasteiger partial charge is 0.483 e. The Morgan fingerprint density at radius 3 is 2.30 bits per heavy atom. The first-order valence-corrected chi connectivity index (χ1v) is 13.2. The van der Waals surface area contributed by atoms with Crippen LogP contribution in [0, 0.1) is 0 Å². The zero-order valence-electron chi connectivity index (χ0n) is 21.1. The Balaban J connectivity index is 1.64. The molecule has 0 fully saturated rings. The fourth-order valence-electron chi connectivity index (χ4n) is 4.31. The number of fused-ring (bicyclic) bond motifs is 1. The van der Waals surface area contributed by atoms with Gasteiger partial charge in [-0.2, -0.15) is 0 Å². The van der Waals surface area contributed by atoms with Crippen molar-refractivity contribution in [1.82, 2.24) is 10.2 Å². The molecular weight excluding hydrogens is 528 g/mol. The van der Waals surface area contributed by atoms with Gasteiger partial charge in [-0.05, 0) is 48.6 Å². The zero-order chi connectivity index (χ0) is 26.2. The predicted octanol–water partition coefficient (Wildman–Crippen LogP) is 6.15. The molecule has 0 aliphatic carbocycles. The predicted molar refractivity (Wildman–Crippen MR) is 151 cm³/mol. The molecule has 0 aromatic heterocycles. The van der Waals surface area contributed by atoms with E-state index in [1.54, 1.807) is 4.90 Å². The van der Waals surface area contributed by atoms with Gasteiger partial charge in [-0.15, -0.1) is 0 Å². The minimum Gasteiger partial charge on any atom is -0.483 e. The minimum absolute atomic E-state index is 0.0551. The molecule has 1 atom stereocenters. The minimum atomic E-state index is -0.701. The number of amides is 2. The average Bonchev–Trinajstić information content (AvgIpc) is 2.89. The number of rotatable bonds is 10. The summed E-state index contributed by atoms with van der Waals surface area (Å²) >= 11 is 3.52. The van der Waals surface area contributed by atoms with Gasteiger partial charge in [-0.1, -0.05) is 94.8 Å². The molecule has 0 aliphatic rings. The highest BCUT2D eigenvalue weighted by atomic mass is 79.9. The molecule has 6 heteroatoms. The second-order valence-electron chi connectivity index (χ2n) is 9.29. The van der Waals surface area contributed by atoms with Crippen molar-refractivity contribution in [2.24, 2.45) is 0 Å². The van der Waals surface area contributed by atoms with Gasteiger partial charge < -0.3 is 15.0 Å². The van der Waals surface area contributed by atoms with Crippen LogP contribution >= 0.6 is 15.9 Å². The van der Waals surface area contributed by atoms with Crippen LogP contribution in [0.1, 0.15) is 25.0 Å². The summed E-state index contributed by atoms with van der Waals surface area (Å²) in [7, 11) is 0. The van der Waals surface area contributed by atoms with E-state index >= 15 is 0 Å². The highest BCUT2D eigenvalue weighted by Gasteiger charge is 2.31. The van der Waals surface area contributed by atoms with Gasteiger partial charge >= 0.3 is 0 Å². The number of carbonyl (C=O) groups excluding carboxylic acids is 2. The Morgan fingerprint density at radius 1 is 0.865 bits per heavy atom. The van der Waals surface area contributed by atoms with Crippen molar-refractivity contribution in [2.75, 3.05) is 6.61 Å². The van der Waals surface area contributed by atoms with E-state index in [1.165, 1.54) is 0 Å². The number of hydrogen-bond acceptors (Lipinski definition) is 3. The Morgan fingerprint density at radius 2 is 1.54 bits per heavy atom. The van der Waals surface area contributed by atoms with Crippen LogP contribution in [-0.2, 0) is 22.6 Å². The van der Waals surface area contributed by atoms with E-state index in [4.69, 9.17) is 4.74 Å². The van der Waals surface area contributed by atoms with Crippen LogP contribution in [0.15, 0.2) is 102 Å². The molecule has 5 nitrogen and oxygen atoms in total. The molecule has 190 valence electrons. The molecule has 37 heavy (non-hydrogen) atoms. The van der Waals surface area contributed by atoms with Crippen molar-refractivity contribution in [3.05, 3.63) is 113 Å². The topological polar surface area (TPSA) is 58.6 Å². The first kappa shape index (κ1) is 26.4. The van der Waals surface area contributed by atoms with Crippen LogP contribution in [0.25, 0.3) is 10.8 Å². The number of nitrogens with one attached hydrogen (secondary N) is 1. The first-order chi connectivity index (χ1) is 17.9. The number of benzene rings is 4. The van der Waals surface area contributed by atoms with Gasteiger partial charge in [0.2, 0.25) is 5.91 Å². The van der Waals surface area contributed by atoms with Crippen molar-refractivity contribution in [2.45, 2.75) is 38.9 Å². The number of ether oxygens (including phenoxy) is 1. The number of nitrogens with zero attached hydrogens (tertiary/aromatic N) is 1. The summed E-state index contributed by atoms with van der Waals surface area (Å²) < 4.78 is 6.97. The highest BCUT2D eigenvalue weighted by Crippen LogP contribution is 2.25. The third kappa shape index (κ3) is 7.20. The maximum absolute atomic E-state index is 13.8. The molecule has 4 rings (SSSR count). The molecule has 0 aliphatic heterocycles. The number of hydrogen-bond donors (Lipinski definition) is 1. The Kier molecular flexibility index (Phi) is 8.96. The van der Waals surface area contributed by atoms with Gasteiger partial charge in [-0.25, -0.2) is 0 Å². The molecule has 0 heterocycles. The lowest BCUT2D eigenvalue weighted by Gasteiger charge is -2.32. The first-order valence-electron chi connectivity index (χ1n) is 12.4. The van der Waals surface area contributed by atoms with E-state index < -0.39 is 6.04 Å². The lowest BCUT2D eigenvalue weighted by Crippen LogP contribution is -2.52. The normalized spacial score (nSPS) is 11.8. The van der Waals surface area contributed by atoms with Gasteiger partial charge in [0.15, 0.2) is 6.61 Å². The van der Waals surface area contributed by atoms with Crippen LogP contribution in [0.2, 0.25) is 0 Å². The van der Waals surface area contributed by atoms with Crippen molar-refractivity contribution in [3.63, 3.8) is 0 Å². The third-order valence-electron chi connectivity index (χ3n) is 6.04. The van der Waals surface area contributed by atoms with E-state index in [1.807, 2.05) is 111 Å². The molecule has 0 unspecified atom stereocenters. The maximum atomic E-state index is 13.8. The quantitative estimate of drug-likeness (QED) is 0.254. The van der Waals surface area contributed by atoms with E-state index in [2.05, 4.69) is 21.2 Å². The molecule has 0 spiro atoms. The molecule has 1 N–H and O–H groups in total. The molecule has 2 amide bonds. The van der Waals surface area contributed by atoms with E-state index in [0.29, 0.717) is 12.2 Å².